The molecule has 0 radical (unpaired) electrons. The van der Waals surface area contributed by atoms with Crippen molar-refractivity contribution in [3.63, 3.8) is 0 Å². The summed E-state index contributed by atoms with van der Waals surface area (Å²) in [5.74, 6) is 0.0942. The Morgan fingerprint density at radius 1 is 1.41 bits per heavy atom. The number of nitrogens with two attached hydrogens (primary N) is 1. The van der Waals surface area contributed by atoms with E-state index in [2.05, 4.69) is 5.16 Å². The number of carbonyl (C=O) groups excluding carboxylic acids is 1. The summed E-state index contributed by atoms with van der Waals surface area (Å²) in [6, 6.07) is 6.77. The molecule has 0 aliphatic rings. The zero-order valence-electron chi connectivity index (χ0n) is 11.7. The monoisotopic (exact) mass is 303 g/mol. The lowest BCUT2D eigenvalue weighted by Crippen LogP contribution is -2.19. The molecule has 1 amide bonds. The third-order valence-corrected chi connectivity index (χ3v) is 2.73. The summed E-state index contributed by atoms with van der Waals surface area (Å²) in [7, 11) is 0. The molecule has 1 heterocycles. The van der Waals surface area contributed by atoms with E-state index in [9.17, 15) is 14.9 Å². The second-order valence-corrected chi connectivity index (χ2v) is 4.39. The largest absolute Gasteiger partial charge is 0.484 e. The van der Waals surface area contributed by atoms with Crippen molar-refractivity contribution in [1.29, 1.82) is 0 Å². The van der Waals surface area contributed by atoms with Gasteiger partial charge in [0.15, 0.2) is 12.3 Å². The Kier molecular flexibility index (Phi) is 4.52. The smallest absolute Gasteiger partial charge is 0.338 e. The summed E-state index contributed by atoms with van der Waals surface area (Å²) in [5, 5.41) is 14.5. The minimum absolute atomic E-state index is 0.150. The lowest BCUT2D eigenvalue weighted by Gasteiger charge is -2.03. The van der Waals surface area contributed by atoms with Gasteiger partial charge in [0.25, 0.3) is 5.91 Å². The van der Waals surface area contributed by atoms with E-state index in [-0.39, 0.29) is 23.7 Å². The molecule has 0 unspecified atom stereocenters. The van der Waals surface area contributed by atoms with Gasteiger partial charge in [0, 0.05) is 6.92 Å². The number of rotatable bonds is 6. The van der Waals surface area contributed by atoms with Crippen LogP contribution in [0.5, 0.6) is 5.75 Å². The van der Waals surface area contributed by atoms with Crippen molar-refractivity contribution in [3.05, 3.63) is 51.4 Å². The highest BCUT2D eigenvalue weighted by Crippen LogP contribution is 2.24. The maximum absolute atomic E-state index is 10.9. The van der Waals surface area contributed by atoms with Crippen LogP contribution in [0.25, 0.3) is 12.2 Å². The highest BCUT2D eigenvalue weighted by molar-refractivity contribution is 5.75. The standard InChI is InChI=1S/C14H13N3O5/c1-9-14(17(19)20)12(16-22-9)7-4-10-2-5-11(6-3-10)21-8-13(15)18/h2-7H,8H2,1H3,(H2,15,18). The first-order valence-corrected chi connectivity index (χ1v) is 6.27. The van der Waals surface area contributed by atoms with Crippen LogP contribution >= 0.6 is 0 Å². The van der Waals surface area contributed by atoms with Gasteiger partial charge < -0.3 is 15.0 Å². The number of aromatic nitrogens is 1. The minimum Gasteiger partial charge on any atom is -0.484 e. The number of hydrogen-bond acceptors (Lipinski definition) is 6. The highest BCUT2D eigenvalue weighted by Gasteiger charge is 2.21. The van der Waals surface area contributed by atoms with Crippen LogP contribution in [-0.4, -0.2) is 22.6 Å². The zero-order valence-corrected chi connectivity index (χ0v) is 11.7. The fraction of sp³-hybridized carbons (Fsp3) is 0.143. The highest BCUT2D eigenvalue weighted by atomic mass is 16.6. The number of ether oxygens (including phenoxy) is 1. The van der Waals surface area contributed by atoms with E-state index in [1.807, 2.05) is 0 Å². The average molecular weight is 303 g/mol. The van der Waals surface area contributed by atoms with Crippen molar-refractivity contribution in [3.8, 4) is 5.75 Å². The molecule has 22 heavy (non-hydrogen) atoms. The van der Waals surface area contributed by atoms with Crippen molar-refractivity contribution in [1.82, 2.24) is 5.16 Å². The summed E-state index contributed by atoms with van der Waals surface area (Å²) < 4.78 is 9.94. The van der Waals surface area contributed by atoms with E-state index in [1.165, 1.54) is 13.0 Å². The predicted molar refractivity (Wildman–Crippen MR) is 78.0 cm³/mol. The molecule has 8 heteroatoms. The Hall–Kier alpha value is -3.16. The van der Waals surface area contributed by atoms with Gasteiger partial charge >= 0.3 is 5.69 Å². The Morgan fingerprint density at radius 2 is 2.09 bits per heavy atom. The topological polar surface area (TPSA) is 121 Å². The lowest BCUT2D eigenvalue weighted by molar-refractivity contribution is -0.386. The van der Waals surface area contributed by atoms with Crippen LogP contribution in [0.1, 0.15) is 17.0 Å². The van der Waals surface area contributed by atoms with Gasteiger partial charge in [-0.3, -0.25) is 14.9 Å². The lowest BCUT2D eigenvalue weighted by atomic mass is 10.2. The maximum Gasteiger partial charge on any atom is 0.338 e. The van der Waals surface area contributed by atoms with Crippen molar-refractivity contribution in [2.24, 2.45) is 5.73 Å². The number of amides is 1. The fourth-order valence-corrected chi connectivity index (χ4v) is 1.72. The van der Waals surface area contributed by atoms with E-state index in [0.29, 0.717) is 5.75 Å². The first-order valence-electron chi connectivity index (χ1n) is 6.27. The molecule has 2 N–H and O–H groups in total. The second kappa shape index (κ2) is 6.53. The van der Waals surface area contributed by atoms with Gasteiger partial charge in [0.1, 0.15) is 5.75 Å². The maximum atomic E-state index is 10.9. The van der Waals surface area contributed by atoms with Crippen LogP contribution < -0.4 is 10.5 Å². The van der Waals surface area contributed by atoms with Crippen LogP contribution in [0.15, 0.2) is 28.8 Å². The van der Waals surface area contributed by atoms with Gasteiger partial charge in [0.2, 0.25) is 5.76 Å². The third kappa shape index (κ3) is 3.69. The molecule has 0 fully saturated rings. The molecule has 2 rings (SSSR count). The van der Waals surface area contributed by atoms with E-state index < -0.39 is 10.8 Å². The summed E-state index contributed by atoms with van der Waals surface area (Å²) in [6.07, 6.45) is 3.15. The molecule has 0 saturated heterocycles. The first-order chi connectivity index (χ1) is 10.5. The normalized spacial score (nSPS) is 10.8. The molecule has 1 aromatic heterocycles. The molecule has 0 spiro atoms. The van der Waals surface area contributed by atoms with E-state index in [4.69, 9.17) is 15.0 Å². The van der Waals surface area contributed by atoms with Crippen molar-refractivity contribution in [2.75, 3.05) is 6.61 Å². The van der Waals surface area contributed by atoms with Crippen LogP contribution in [0.4, 0.5) is 5.69 Å². The Balaban J connectivity index is 2.11. The molecule has 0 bridgehead atoms. The molecule has 114 valence electrons. The number of carbonyl (C=O) groups is 1. The molecule has 0 atom stereocenters. The number of nitrogens with zero attached hydrogens (tertiary/aromatic N) is 2. The van der Waals surface area contributed by atoms with E-state index in [1.54, 1.807) is 30.3 Å². The zero-order chi connectivity index (χ0) is 16.1. The minimum atomic E-state index is -0.558. The van der Waals surface area contributed by atoms with Crippen molar-refractivity contribution >= 4 is 23.7 Å². The SMILES string of the molecule is Cc1onc(C=Cc2ccc(OCC(N)=O)cc2)c1[N+](=O)[O-]. The Morgan fingerprint density at radius 3 is 2.68 bits per heavy atom. The van der Waals surface area contributed by atoms with Gasteiger partial charge in [-0.15, -0.1) is 0 Å². The molecule has 8 nitrogen and oxygen atoms in total. The van der Waals surface area contributed by atoms with Gasteiger partial charge in [-0.1, -0.05) is 23.4 Å². The first kappa shape index (κ1) is 15.2. The molecule has 1 aromatic carbocycles. The fourth-order valence-electron chi connectivity index (χ4n) is 1.72. The van der Waals surface area contributed by atoms with E-state index in [0.717, 1.165) is 5.56 Å². The van der Waals surface area contributed by atoms with Gasteiger partial charge in [-0.2, -0.15) is 0 Å². The van der Waals surface area contributed by atoms with Gasteiger partial charge in [0.05, 0.1) is 4.92 Å². The summed E-state index contributed by atoms with van der Waals surface area (Å²) in [5.41, 5.74) is 5.75. The number of aryl methyl sites for hydroxylation is 1. The predicted octanol–water partition coefficient (Wildman–Crippen LogP) is 1.93. The Bertz CT molecular complexity index is 719. The number of primary amides is 1. The number of nitro groups is 1. The molecule has 2 aromatic rings. The van der Waals surface area contributed by atoms with Crippen LogP contribution in [0.3, 0.4) is 0 Å². The van der Waals surface area contributed by atoms with Crippen LogP contribution in [-0.2, 0) is 4.79 Å². The Labute approximate surface area is 125 Å². The van der Waals surface area contributed by atoms with Crippen molar-refractivity contribution < 1.29 is 19.0 Å². The molecule has 0 aliphatic carbocycles. The average Bonchev–Trinajstić information content (AvgIpc) is 2.85. The summed E-state index contributed by atoms with van der Waals surface area (Å²) >= 11 is 0. The third-order valence-electron chi connectivity index (χ3n) is 2.73. The molecular weight excluding hydrogens is 290 g/mol. The summed E-state index contributed by atoms with van der Waals surface area (Å²) in [4.78, 5) is 21.0. The summed E-state index contributed by atoms with van der Waals surface area (Å²) in [6.45, 7) is 1.28. The quantitative estimate of drug-likeness (QED) is 0.642. The van der Waals surface area contributed by atoms with E-state index >= 15 is 0 Å². The second-order valence-electron chi connectivity index (χ2n) is 4.39. The van der Waals surface area contributed by atoms with Crippen LogP contribution in [0.2, 0.25) is 0 Å². The number of hydrogen-bond donors (Lipinski definition) is 1. The van der Waals surface area contributed by atoms with Gasteiger partial charge in [-0.25, -0.2) is 0 Å². The molecule has 0 saturated carbocycles. The number of benzene rings is 1. The van der Waals surface area contributed by atoms with Crippen molar-refractivity contribution in [2.45, 2.75) is 6.92 Å². The molecular formula is C14H13N3O5. The van der Waals surface area contributed by atoms with Crippen LogP contribution in [0, 0.1) is 17.0 Å². The van der Waals surface area contributed by atoms with Gasteiger partial charge in [-0.05, 0) is 23.8 Å². The molecule has 0 aliphatic heterocycles.